The summed E-state index contributed by atoms with van der Waals surface area (Å²) in [5.74, 6) is 0.722. The third-order valence-electron chi connectivity index (χ3n) is 8.15. The van der Waals surface area contributed by atoms with E-state index in [1.165, 1.54) is 35.7 Å². The normalized spacial score (nSPS) is 12.9. The number of furan rings is 2. The summed E-state index contributed by atoms with van der Waals surface area (Å²) in [4.78, 5) is 4.76. The van der Waals surface area contributed by atoms with Crippen LogP contribution in [0.1, 0.15) is 36.1 Å². The lowest BCUT2D eigenvalue weighted by molar-refractivity contribution is -0.211. The standard InChI is InChI=1S/C35H28F3NO2S/c1-18-12-19(2)14-23(13-18)29-33-25(10-11-39-29)24-9-7-22(16-28(24)42-33)30-20(3)31-32(41-30)26-8-6-21(15-27(26)40-31)17-34(4,5)35(36,37)38/h6-16H,17H2,1-5H3. The van der Waals surface area contributed by atoms with Crippen LogP contribution >= 0.6 is 11.3 Å². The molecule has 0 saturated carbocycles. The molecular formula is C35H28F3NO2S. The van der Waals surface area contributed by atoms with Crippen LogP contribution in [0.4, 0.5) is 13.2 Å². The van der Waals surface area contributed by atoms with Crippen LogP contribution in [0.2, 0.25) is 0 Å². The highest BCUT2D eigenvalue weighted by atomic mass is 32.1. The molecule has 212 valence electrons. The molecule has 0 aliphatic rings. The molecule has 0 fully saturated rings. The Kier molecular flexibility index (Phi) is 5.87. The predicted molar refractivity (Wildman–Crippen MR) is 165 cm³/mol. The van der Waals surface area contributed by atoms with E-state index in [4.69, 9.17) is 13.8 Å². The van der Waals surface area contributed by atoms with E-state index in [1.54, 1.807) is 29.5 Å². The maximum absolute atomic E-state index is 13.5. The molecular weight excluding hydrogens is 555 g/mol. The number of hydrogen-bond acceptors (Lipinski definition) is 4. The maximum atomic E-state index is 13.5. The number of nitrogens with zero attached hydrogens (tertiary/aromatic N) is 1. The minimum Gasteiger partial charge on any atom is -0.452 e. The minimum absolute atomic E-state index is 0.130. The van der Waals surface area contributed by atoms with Gasteiger partial charge in [-0.1, -0.05) is 49.2 Å². The van der Waals surface area contributed by atoms with Crippen molar-refractivity contribution >= 4 is 53.6 Å². The molecule has 7 rings (SSSR count). The van der Waals surface area contributed by atoms with Gasteiger partial charge in [0.1, 0.15) is 11.3 Å². The van der Waals surface area contributed by atoms with Crippen LogP contribution in [0.15, 0.2) is 75.7 Å². The Bertz CT molecular complexity index is 2160. The average Bonchev–Trinajstić information content (AvgIpc) is 3.56. The molecule has 0 atom stereocenters. The number of thiophene rings is 1. The summed E-state index contributed by atoms with van der Waals surface area (Å²) in [6, 6.07) is 20.2. The summed E-state index contributed by atoms with van der Waals surface area (Å²) in [5.41, 5.74) is 6.80. The Labute approximate surface area is 244 Å². The molecule has 0 amide bonds. The van der Waals surface area contributed by atoms with Gasteiger partial charge in [-0.15, -0.1) is 11.3 Å². The van der Waals surface area contributed by atoms with Crippen LogP contribution in [0.5, 0.6) is 0 Å². The fraction of sp³-hybridized carbons (Fsp3) is 0.229. The number of rotatable bonds is 4. The Hall–Kier alpha value is -4.10. The fourth-order valence-electron chi connectivity index (χ4n) is 5.90. The SMILES string of the molecule is Cc1cc(C)cc(-c2nccc3c2sc2cc(-c4oc5c(oc6cc(CC(C)(C)C(F)(F)F)ccc65)c4C)ccc23)c1. The van der Waals surface area contributed by atoms with Gasteiger partial charge in [0.15, 0.2) is 11.2 Å². The molecule has 3 nitrogen and oxygen atoms in total. The van der Waals surface area contributed by atoms with Gasteiger partial charge >= 0.3 is 6.18 Å². The van der Waals surface area contributed by atoms with E-state index in [1.807, 2.05) is 13.1 Å². The molecule has 0 aliphatic carbocycles. The lowest BCUT2D eigenvalue weighted by atomic mass is 9.85. The van der Waals surface area contributed by atoms with E-state index in [0.717, 1.165) is 42.9 Å². The van der Waals surface area contributed by atoms with Crippen molar-refractivity contribution in [2.24, 2.45) is 5.41 Å². The molecule has 0 radical (unpaired) electrons. The monoisotopic (exact) mass is 583 g/mol. The van der Waals surface area contributed by atoms with Crippen molar-refractivity contribution in [3.8, 4) is 22.6 Å². The summed E-state index contributed by atoms with van der Waals surface area (Å²) in [5, 5.41) is 3.09. The first-order chi connectivity index (χ1) is 19.9. The summed E-state index contributed by atoms with van der Waals surface area (Å²) < 4.78 is 55.2. The van der Waals surface area contributed by atoms with E-state index < -0.39 is 11.6 Å². The van der Waals surface area contributed by atoms with E-state index in [2.05, 4.69) is 56.3 Å². The van der Waals surface area contributed by atoms with Crippen molar-refractivity contribution in [3.63, 3.8) is 0 Å². The molecule has 4 aromatic heterocycles. The molecule has 4 heterocycles. The van der Waals surface area contributed by atoms with Crippen molar-refractivity contribution in [2.45, 2.75) is 47.2 Å². The van der Waals surface area contributed by atoms with Crippen molar-refractivity contribution < 1.29 is 22.0 Å². The highest BCUT2D eigenvalue weighted by molar-refractivity contribution is 7.26. The van der Waals surface area contributed by atoms with Crippen LogP contribution in [-0.2, 0) is 6.42 Å². The second-order valence-corrected chi connectivity index (χ2v) is 13.0. The smallest absolute Gasteiger partial charge is 0.394 e. The topological polar surface area (TPSA) is 39.2 Å². The molecule has 0 N–H and O–H groups in total. The first-order valence-electron chi connectivity index (χ1n) is 13.8. The van der Waals surface area contributed by atoms with Gasteiger partial charge in [-0.05, 0) is 69.2 Å². The highest BCUT2D eigenvalue weighted by Gasteiger charge is 2.47. The number of hydrogen-bond donors (Lipinski definition) is 0. The number of aryl methyl sites for hydroxylation is 3. The van der Waals surface area contributed by atoms with Crippen LogP contribution in [0.3, 0.4) is 0 Å². The van der Waals surface area contributed by atoms with Crippen molar-refractivity contribution in [2.75, 3.05) is 0 Å². The van der Waals surface area contributed by atoms with Gasteiger partial charge in [0.25, 0.3) is 0 Å². The number of aromatic nitrogens is 1. The molecule has 42 heavy (non-hydrogen) atoms. The highest BCUT2D eigenvalue weighted by Crippen LogP contribution is 2.45. The maximum Gasteiger partial charge on any atom is 0.394 e. The average molecular weight is 584 g/mol. The molecule has 7 aromatic rings. The van der Waals surface area contributed by atoms with Crippen molar-refractivity contribution in [1.29, 1.82) is 0 Å². The first kappa shape index (κ1) is 26.8. The van der Waals surface area contributed by atoms with Crippen LogP contribution in [-0.4, -0.2) is 11.2 Å². The summed E-state index contributed by atoms with van der Waals surface area (Å²) in [7, 11) is 0. The van der Waals surface area contributed by atoms with Crippen LogP contribution in [0.25, 0.3) is 64.9 Å². The number of benzene rings is 3. The molecule has 7 heteroatoms. The Morgan fingerprint density at radius 2 is 1.50 bits per heavy atom. The zero-order valence-corrected chi connectivity index (χ0v) is 24.7. The number of fused-ring (bicyclic) bond motifs is 6. The van der Waals surface area contributed by atoms with E-state index >= 15 is 0 Å². The molecule has 0 saturated heterocycles. The second-order valence-electron chi connectivity index (χ2n) is 11.9. The summed E-state index contributed by atoms with van der Waals surface area (Å²) in [6.07, 6.45) is -2.55. The Balaban J connectivity index is 1.30. The van der Waals surface area contributed by atoms with Crippen LogP contribution in [0, 0.1) is 26.2 Å². The van der Waals surface area contributed by atoms with Gasteiger partial charge in [0.2, 0.25) is 0 Å². The lowest BCUT2D eigenvalue weighted by Gasteiger charge is -2.27. The summed E-state index contributed by atoms with van der Waals surface area (Å²) in [6.45, 7) is 8.60. The van der Waals surface area contributed by atoms with E-state index in [-0.39, 0.29) is 6.42 Å². The van der Waals surface area contributed by atoms with E-state index in [9.17, 15) is 13.2 Å². The molecule has 0 aliphatic heterocycles. The van der Waals surface area contributed by atoms with E-state index in [0.29, 0.717) is 22.3 Å². The largest absolute Gasteiger partial charge is 0.452 e. The van der Waals surface area contributed by atoms with Gasteiger partial charge in [0.05, 0.1) is 21.2 Å². The number of pyridine rings is 1. The predicted octanol–water partition coefficient (Wildman–Crippen LogP) is 11.3. The first-order valence-corrected chi connectivity index (χ1v) is 14.6. The van der Waals surface area contributed by atoms with Crippen LogP contribution < -0.4 is 0 Å². The fourth-order valence-corrected chi connectivity index (χ4v) is 7.15. The number of alkyl halides is 3. The van der Waals surface area contributed by atoms with Gasteiger partial charge in [-0.3, -0.25) is 4.98 Å². The summed E-state index contributed by atoms with van der Waals surface area (Å²) >= 11 is 1.72. The number of halogens is 3. The minimum atomic E-state index is -4.29. The van der Waals surface area contributed by atoms with Gasteiger partial charge in [-0.25, -0.2) is 0 Å². The molecule has 0 unspecified atom stereocenters. The second kappa shape index (κ2) is 9.20. The lowest BCUT2D eigenvalue weighted by Crippen LogP contribution is -2.34. The molecule has 0 bridgehead atoms. The molecule has 0 spiro atoms. The molecule has 3 aromatic carbocycles. The van der Waals surface area contributed by atoms with Gasteiger partial charge in [-0.2, -0.15) is 13.2 Å². The third kappa shape index (κ3) is 4.21. The third-order valence-corrected chi connectivity index (χ3v) is 9.33. The van der Waals surface area contributed by atoms with Crippen molar-refractivity contribution in [3.05, 3.63) is 89.1 Å². The Morgan fingerprint density at radius 3 is 2.24 bits per heavy atom. The van der Waals surface area contributed by atoms with Gasteiger partial charge < -0.3 is 8.83 Å². The zero-order valence-electron chi connectivity index (χ0n) is 23.9. The zero-order chi connectivity index (χ0) is 29.6. The quantitative estimate of drug-likeness (QED) is 0.207. The van der Waals surface area contributed by atoms with Gasteiger partial charge in [0, 0.05) is 38.4 Å². The Morgan fingerprint density at radius 1 is 0.762 bits per heavy atom. The van der Waals surface area contributed by atoms with Crippen molar-refractivity contribution in [1.82, 2.24) is 4.98 Å².